The van der Waals surface area contributed by atoms with Crippen molar-refractivity contribution in [2.45, 2.75) is 33.6 Å². The number of hydrogen-bond donors (Lipinski definition) is 1. The van der Waals surface area contributed by atoms with Crippen molar-refractivity contribution in [1.29, 1.82) is 0 Å². The van der Waals surface area contributed by atoms with Gasteiger partial charge in [-0.1, -0.05) is 13.8 Å². The Bertz CT molecular complexity index is 827. The zero-order valence-electron chi connectivity index (χ0n) is 17.3. The highest BCUT2D eigenvalue weighted by Crippen LogP contribution is 2.29. The van der Waals surface area contributed by atoms with Gasteiger partial charge in [-0.25, -0.2) is 14.8 Å². The highest BCUT2D eigenvalue weighted by atomic mass is 16.5. The Morgan fingerprint density at radius 3 is 2.29 bits per heavy atom. The quantitative estimate of drug-likeness (QED) is 0.874. The van der Waals surface area contributed by atoms with Crippen molar-refractivity contribution < 1.29 is 9.53 Å². The van der Waals surface area contributed by atoms with Crippen molar-refractivity contribution in [3.63, 3.8) is 0 Å². The summed E-state index contributed by atoms with van der Waals surface area (Å²) < 4.78 is 5.15. The minimum Gasteiger partial charge on any atom is -0.497 e. The molecule has 7 nitrogen and oxygen atoms in total. The smallest absolute Gasteiger partial charge is 0.321 e. The van der Waals surface area contributed by atoms with Gasteiger partial charge in [0.1, 0.15) is 17.4 Å². The molecule has 2 amide bonds. The molecular formula is C21H29N5O2. The lowest BCUT2D eigenvalue weighted by atomic mass is 10.0. The molecule has 1 aromatic carbocycles. The average Bonchev–Trinajstić information content (AvgIpc) is 2.67. The van der Waals surface area contributed by atoms with Crippen LogP contribution in [0.5, 0.6) is 5.75 Å². The van der Waals surface area contributed by atoms with Gasteiger partial charge in [0.15, 0.2) is 0 Å². The molecule has 1 aliphatic heterocycles. The summed E-state index contributed by atoms with van der Waals surface area (Å²) in [4.78, 5) is 26.0. The molecule has 1 aromatic heterocycles. The lowest BCUT2D eigenvalue weighted by Gasteiger charge is -2.36. The molecule has 0 aliphatic carbocycles. The Labute approximate surface area is 166 Å². The Balaban J connectivity index is 1.65. The molecular weight excluding hydrogens is 354 g/mol. The number of urea groups is 1. The van der Waals surface area contributed by atoms with Gasteiger partial charge in [0.05, 0.1) is 7.11 Å². The van der Waals surface area contributed by atoms with E-state index in [1.54, 1.807) is 7.11 Å². The first-order valence-electron chi connectivity index (χ1n) is 9.69. The van der Waals surface area contributed by atoms with Crippen LogP contribution in [0.25, 0.3) is 0 Å². The summed E-state index contributed by atoms with van der Waals surface area (Å²) in [6.45, 7) is 11.1. The second-order valence-corrected chi connectivity index (χ2v) is 7.38. The second-order valence-electron chi connectivity index (χ2n) is 7.38. The summed E-state index contributed by atoms with van der Waals surface area (Å²) >= 11 is 0. The number of aryl methyl sites for hydroxylation is 2. The number of methoxy groups -OCH3 is 1. The molecule has 2 aromatic rings. The number of nitrogens with zero attached hydrogens (tertiary/aromatic N) is 4. The van der Waals surface area contributed by atoms with E-state index in [0.29, 0.717) is 19.0 Å². The van der Waals surface area contributed by atoms with Crippen LogP contribution in [0.15, 0.2) is 24.3 Å². The number of carbonyl (C=O) groups excluding carboxylic acids is 1. The first-order valence-corrected chi connectivity index (χ1v) is 9.69. The predicted octanol–water partition coefficient (Wildman–Crippen LogP) is 3.58. The van der Waals surface area contributed by atoms with Crippen LogP contribution >= 0.6 is 0 Å². The van der Waals surface area contributed by atoms with E-state index in [1.165, 1.54) is 5.56 Å². The van der Waals surface area contributed by atoms with Crippen molar-refractivity contribution in [3.8, 4) is 5.75 Å². The van der Waals surface area contributed by atoms with E-state index >= 15 is 0 Å². The first-order chi connectivity index (χ1) is 13.4. The van der Waals surface area contributed by atoms with Crippen molar-refractivity contribution in [2.75, 3.05) is 43.5 Å². The van der Waals surface area contributed by atoms with Gasteiger partial charge in [-0.3, -0.25) is 0 Å². The SMILES string of the molecule is COc1ccc(NC(=O)N2CCN(c3nc(C)nc(C)c3C(C)C)CC2)cc1. The maximum absolute atomic E-state index is 12.6. The standard InChI is InChI=1S/C21H29N5O2/c1-14(2)19-15(3)22-16(4)23-20(19)25-10-12-26(13-11-25)21(27)24-17-6-8-18(28-5)9-7-17/h6-9,14H,10-13H2,1-5H3,(H,24,27). The largest absolute Gasteiger partial charge is 0.497 e. The number of hydrogen-bond acceptors (Lipinski definition) is 5. The van der Waals surface area contributed by atoms with Crippen LogP contribution in [-0.2, 0) is 0 Å². The van der Waals surface area contributed by atoms with E-state index in [4.69, 9.17) is 9.72 Å². The van der Waals surface area contributed by atoms with Gasteiger partial charge in [0.25, 0.3) is 0 Å². The van der Waals surface area contributed by atoms with Crippen LogP contribution in [0, 0.1) is 13.8 Å². The number of benzene rings is 1. The topological polar surface area (TPSA) is 70.6 Å². The van der Waals surface area contributed by atoms with Gasteiger partial charge in [0.2, 0.25) is 0 Å². The predicted molar refractivity (Wildman–Crippen MR) is 111 cm³/mol. The van der Waals surface area contributed by atoms with Crippen LogP contribution in [0.4, 0.5) is 16.3 Å². The van der Waals surface area contributed by atoms with Crippen LogP contribution in [0.2, 0.25) is 0 Å². The molecule has 150 valence electrons. The van der Waals surface area contributed by atoms with E-state index in [0.717, 1.165) is 41.9 Å². The van der Waals surface area contributed by atoms with Gasteiger partial charge in [-0.15, -0.1) is 0 Å². The molecule has 3 rings (SSSR count). The number of anilines is 2. The van der Waals surface area contributed by atoms with Crippen LogP contribution in [0.1, 0.15) is 36.8 Å². The summed E-state index contributed by atoms with van der Waals surface area (Å²) in [5.74, 6) is 2.92. The molecule has 0 unspecified atom stereocenters. The third kappa shape index (κ3) is 4.35. The number of carbonyl (C=O) groups is 1. The van der Waals surface area contributed by atoms with E-state index in [1.807, 2.05) is 43.0 Å². The maximum Gasteiger partial charge on any atom is 0.321 e. The summed E-state index contributed by atoms with van der Waals surface area (Å²) in [7, 11) is 1.62. The fourth-order valence-electron chi connectivity index (χ4n) is 3.62. The molecule has 2 heterocycles. The molecule has 1 fully saturated rings. The molecule has 28 heavy (non-hydrogen) atoms. The fourth-order valence-corrected chi connectivity index (χ4v) is 3.62. The number of aromatic nitrogens is 2. The lowest BCUT2D eigenvalue weighted by Crippen LogP contribution is -2.50. The first kappa shape index (κ1) is 19.9. The van der Waals surface area contributed by atoms with Crippen LogP contribution in [0.3, 0.4) is 0 Å². The van der Waals surface area contributed by atoms with Gasteiger partial charge in [0, 0.05) is 43.1 Å². The number of amides is 2. The summed E-state index contributed by atoms with van der Waals surface area (Å²) in [5, 5.41) is 2.95. The maximum atomic E-state index is 12.6. The van der Waals surface area contributed by atoms with Gasteiger partial charge < -0.3 is 19.9 Å². The molecule has 0 saturated carbocycles. The van der Waals surface area contributed by atoms with Crippen molar-refractivity contribution in [3.05, 3.63) is 41.3 Å². The summed E-state index contributed by atoms with van der Waals surface area (Å²) in [6.07, 6.45) is 0. The molecule has 0 bridgehead atoms. The Morgan fingerprint density at radius 2 is 1.71 bits per heavy atom. The second kappa shape index (κ2) is 8.46. The monoisotopic (exact) mass is 383 g/mol. The van der Waals surface area contributed by atoms with E-state index in [2.05, 4.69) is 29.0 Å². The highest BCUT2D eigenvalue weighted by molar-refractivity contribution is 5.89. The zero-order valence-corrected chi connectivity index (χ0v) is 17.3. The molecule has 0 atom stereocenters. The number of ether oxygens (including phenoxy) is 1. The Hall–Kier alpha value is -2.83. The molecule has 1 saturated heterocycles. The third-order valence-electron chi connectivity index (χ3n) is 5.01. The summed E-state index contributed by atoms with van der Waals surface area (Å²) in [6, 6.07) is 7.27. The average molecular weight is 383 g/mol. The minimum absolute atomic E-state index is 0.0797. The van der Waals surface area contributed by atoms with Crippen molar-refractivity contribution >= 4 is 17.5 Å². The van der Waals surface area contributed by atoms with Crippen molar-refractivity contribution in [2.24, 2.45) is 0 Å². The lowest BCUT2D eigenvalue weighted by molar-refractivity contribution is 0.208. The van der Waals surface area contributed by atoms with E-state index in [-0.39, 0.29) is 6.03 Å². The van der Waals surface area contributed by atoms with Gasteiger partial charge in [-0.05, 0) is 44.0 Å². The number of rotatable bonds is 4. The van der Waals surface area contributed by atoms with E-state index in [9.17, 15) is 4.79 Å². The normalized spacial score (nSPS) is 14.4. The number of nitrogens with one attached hydrogen (secondary N) is 1. The Morgan fingerprint density at radius 1 is 1.07 bits per heavy atom. The molecule has 1 N–H and O–H groups in total. The zero-order chi connectivity index (χ0) is 20.3. The molecule has 0 radical (unpaired) electrons. The number of piperazine rings is 1. The van der Waals surface area contributed by atoms with Crippen LogP contribution < -0.4 is 15.0 Å². The molecule has 7 heteroatoms. The molecule has 1 aliphatic rings. The molecule has 0 spiro atoms. The van der Waals surface area contributed by atoms with Crippen molar-refractivity contribution in [1.82, 2.24) is 14.9 Å². The third-order valence-corrected chi connectivity index (χ3v) is 5.01. The summed E-state index contributed by atoms with van der Waals surface area (Å²) in [5.41, 5.74) is 3.00. The fraction of sp³-hybridized carbons (Fsp3) is 0.476. The highest BCUT2D eigenvalue weighted by Gasteiger charge is 2.25. The van der Waals surface area contributed by atoms with Gasteiger partial charge >= 0.3 is 6.03 Å². The Kier molecular flexibility index (Phi) is 6.02. The minimum atomic E-state index is -0.0797. The van der Waals surface area contributed by atoms with E-state index < -0.39 is 0 Å². The van der Waals surface area contributed by atoms with Crippen LogP contribution in [-0.4, -0.2) is 54.2 Å². The van der Waals surface area contributed by atoms with Gasteiger partial charge in [-0.2, -0.15) is 0 Å².